The van der Waals surface area contributed by atoms with Crippen LogP contribution in [-0.4, -0.2) is 26.6 Å². The smallest absolute Gasteiger partial charge is 0.249 e. The van der Waals surface area contributed by atoms with Crippen molar-refractivity contribution in [3.05, 3.63) is 71.5 Å². The van der Waals surface area contributed by atoms with Crippen molar-refractivity contribution in [2.75, 3.05) is 10.6 Å². The fourth-order valence-electron chi connectivity index (χ4n) is 2.49. The lowest BCUT2D eigenvalue weighted by atomic mass is 10.1. The maximum atomic E-state index is 13.8. The molecule has 2 N–H and O–H groups in total. The van der Waals surface area contributed by atoms with E-state index in [0.717, 1.165) is 0 Å². The van der Waals surface area contributed by atoms with Gasteiger partial charge in [0.25, 0.3) is 0 Å². The molecule has 1 heterocycles. The molecule has 0 radical (unpaired) electrons. The van der Waals surface area contributed by atoms with Crippen LogP contribution in [0.25, 0.3) is 0 Å². The number of hydrogen-bond acceptors (Lipinski definition) is 4. The summed E-state index contributed by atoms with van der Waals surface area (Å²) in [5.41, 5.74) is 1.22. The van der Waals surface area contributed by atoms with Gasteiger partial charge in [0.2, 0.25) is 11.8 Å². The monoisotopic (exact) mass is 401 g/mol. The van der Waals surface area contributed by atoms with Crippen molar-refractivity contribution in [2.24, 2.45) is 0 Å². The largest absolute Gasteiger partial charge is 0.326 e. The predicted molar refractivity (Wildman–Crippen MR) is 104 cm³/mol. The quantitative estimate of drug-likeness (QED) is 0.662. The summed E-state index contributed by atoms with van der Waals surface area (Å²) in [6, 6.07) is 10.3. The van der Waals surface area contributed by atoms with Gasteiger partial charge in [-0.3, -0.25) is 9.59 Å². The molecule has 9 heteroatoms. The first-order chi connectivity index (χ1) is 13.4. The number of carbonyl (C=O) groups is 2. The van der Waals surface area contributed by atoms with E-state index in [1.807, 2.05) is 0 Å². The second-order valence-corrected chi connectivity index (χ2v) is 6.45. The number of amides is 2. The van der Waals surface area contributed by atoms with Crippen molar-refractivity contribution in [1.82, 2.24) is 14.8 Å². The summed E-state index contributed by atoms with van der Waals surface area (Å²) in [7, 11) is 0. The molecule has 0 spiro atoms. The maximum absolute atomic E-state index is 13.8. The van der Waals surface area contributed by atoms with Gasteiger partial charge in [0.1, 0.15) is 24.5 Å². The highest BCUT2D eigenvalue weighted by Crippen LogP contribution is 2.20. The fourth-order valence-corrected chi connectivity index (χ4v) is 2.72. The molecular weight excluding hydrogens is 385 g/mol. The van der Waals surface area contributed by atoms with Gasteiger partial charge in [-0.2, -0.15) is 5.10 Å². The van der Waals surface area contributed by atoms with E-state index < -0.39 is 17.8 Å². The molecule has 0 aliphatic heterocycles. The number of nitrogens with one attached hydrogen (secondary N) is 2. The van der Waals surface area contributed by atoms with E-state index in [2.05, 4.69) is 20.7 Å². The van der Waals surface area contributed by atoms with Gasteiger partial charge in [-0.15, -0.1) is 0 Å². The number of rotatable bonds is 6. The van der Waals surface area contributed by atoms with Crippen LogP contribution in [0.4, 0.5) is 15.8 Å². The van der Waals surface area contributed by atoms with Crippen molar-refractivity contribution < 1.29 is 14.0 Å². The lowest BCUT2D eigenvalue weighted by molar-refractivity contribution is -0.119. The lowest BCUT2D eigenvalue weighted by Crippen LogP contribution is -2.24. The van der Waals surface area contributed by atoms with E-state index in [0.29, 0.717) is 11.4 Å². The van der Waals surface area contributed by atoms with Crippen LogP contribution in [-0.2, 0) is 16.0 Å². The van der Waals surface area contributed by atoms with Gasteiger partial charge in [-0.1, -0.05) is 17.7 Å². The lowest BCUT2D eigenvalue weighted by Gasteiger charge is -2.12. The van der Waals surface area contributed by atoms with Gasteiger partial charge < -0.3 is 10.6 Å². The topological polar surface area (TPSA) is 88.9 Å². The van der Waals surface area contributed by atoms with E-state index >= 15 is 0 Å². The first-order valence-electron chi connectivity index (χ1n) is 8.42. The second-order valence-electron chi connectivity index (χ2n) is 6.04. The minimum Gasteiger partial charge on any atom is -0.326 e. The van der Waals surface area contributed by atoms with E-state index in [-0.39, 0.29) is 22.9 Å². The highest BCUT2D eigenvalue weighted by Gasteiger charge is 2.16. The minimum atomic E-state index is -0.526. The molecular formula is C19H17ClFN5O2. The number of halogens is 2. The average Bonchev–Trinajstić information content (AvgIpc) is 3.20. The van der Waals surface area contributed by atoms with Crippen molar-refractivity contribution in [1.29, 1.82) is 0 Å². The molecule has 3 aromatic rings. The molecule has 0 saturated heterocycles. The van der Waals surface area contributed by atoms with Crippen LogP contribution in [0.5, 0.6) is 0 Å². The Hall–Kier alpha value is -3.26. The minimum absolute atomic E-state index is 0.146. The third-order valence-corrected chi connectivity index (χ3v) is 4.40. The van der Waals surface area contributed by atoms with E-state index in [9.17, 15) is 14.0 Å². The number of benzene rings is 2. The molecule has 0 aliphatic rings. The highest BCUT2D eigenvalue weighted by atomic mass is 35.5. The van der Waals surface area contributed by atoms with Gasteiger partial charge in [-0.25, -0.2) is 14.1 Å². The molecule has 144 valence electrons. The molecule has 3 rings (SSSR count). The molecule has 7 nitrogen and oxygen atoms in total. The zero-order valence-electron chi connectivity index (χ0n) is 14.9. The average molecular weight is 402 g/mol. The standard InChI is InChI=1S/C19H17ClFN5O2/c1-12(26-11-22-10-23-26)19(28)25-14-7-5-13(6-8-14)24-18(27)9-15-16(20)3-2-4-17(15)21/h2-8,10-12H,9H2,1H3,(H,24,27)(H,25,28). The third-order valence-electron chi connectivity index (χ3n) is 4.05. The first kappa shape index (κ1) is 19.5. The number of nitrogens with zero attached hydrogens (tertiary/aromatic N) is 3. The Balaban J connectivity index is 1.58. The predicted octanol–water partition coefficient (Wildman–Crippen LogP) is 3.45. The summed E-state index contributed by atoms with van der Waals surface area (Å²) in [5.74, 6) is -1.18. The Kier molecular flexibility index (Phi) is 6.00. The van der Waals surface area contributed by atoms with Crippen LogP contribution in [0.15, 0.2) is 55.1 Å². The maximum Gasteiger partial charge on any atom is 0.249 e. The molecule has 1 atom stereocenters. The van der Waals surface area contributed by atoms with Gasteiger partial charge >= 0.3 is 0 Å². The normalized spacial score (nSPS) is 11.7. The molecule has 1 unspecified atom stereocenters. The molecule has 0 fully saturated rings. The molecule has 0 saturated carbocycles. The van der Waals surface area contributed by atoms with Crippen LogP contribution in [0.1, 0.15) is 18.5 Å². The number of anilines is 2. The molecule has 1 aromatic heterocycles. The zero-order valence-corrected chi connectivity index (χ0v) is 15.7. The van der Waals surface area contributed by atoms with Gasteiger partial charge in [-0.05, 0) is 43.3 Å². The molecule has 28 heavy (non-hydrogen) atoms. The molecule has 2 amide bonds. The zero-order chi connectivity index (χ0) is 20.1. The van der Waals surface area contributed by atoms with Crippen molar-refractivity contribution in [3.63, 3.8) is 0 Å². The summed E-state index contributed by atoms with van der Waals surface area (Å²) in [6.07, 6.45) is 2.64. The Bertz CT molecular complexity index is 956. The van der Waals surface area contributed by atoms with Gasteiger partial charge in [0.05, 0.1) is 6.42 Å². The van der Waals surface area contributed by atoms with E-state index in [4.69, 9.17) is 11.6 Å². The molecule has 0 bridgehead atoms. The fraction of sp³-hybridized carbons (Fsp3) is 0.158. The van der Waals surface area contributed by atoms with E-state index in [1.165, 1.54) is 35.5 Å². The molecule has 0 aliphatic carbocycles. The summed E-state index contributed by atoms with van der Waals surface area (Å²) in [4.78, 5) is 28.2. The van der Waals surface area contributed by atoms with Crippen molar-refractivity contribution in [3.8, 4) is 0 Å². The summed E-state index contributed by atoms with van der Waals surface area (Å²) < 4.78 is 15.2. The Labute approximate surface area is 165 Å². The number of carbonyl (C=O) groups excluding carboxylic acids is 2. The third kappa shape index (κ3) is 4.72. The van der Waals surface area contributed by atoms with Crippen LogP contribution in [0.2, 0.25) is 5.02 Å². The Morgan fingerprint density at radius 1 is 1.14 bits per heavy atom. The van der Waals surface area contributed by atoms with Crippen molar-refractivity contribution >= 4 is 34.8 Å². The van der Waals surface area contributed by atoms with Crippen LogP contribution in [0.3, 0.4) is 0 Å². The van der Waals surface area contributed by atoms with E-state index in [1.54, 1.807) is 31.2 Å². The molecule has 2 aromatic carbocycles. The Morgan fingerprint density at radius 3 is 2.43 bits per heavy atom. The second kappa shape index (κ2) is 8.62. The van der Waals surface area contributed by atoms with Crippen LogP contribution < -0.4 is 10.6 Å². The number of aromatic nitrogens is 3. The van der Waals surface area contributed by atoms with Crippen LogP contribution >= 0.6 is 11.6 Å². The van der Waals surface area contributed by atoms with Gasteiger partial charge in [0, 0.05) is 22.0 Å². The summed E-state index contributed by atoms with van der Waals surface area (Å²) in [6.45, 7) is 1.70. The van der Waals surface area contributed by atoms with Crippen LogP contribution in [0, 0.1) is 5.82 Å². The summed E-state index contributed by atoms with van der Waals surface area (Å²) >= 11 is 5.94. The van der Waals surface area contributed by atoms with Crippen molar-refractivity contribution in [2.45, 2.75) is 19.4 Å². The van der Waals surface area contributed by atoms with Gasteiger partial charge in [0.15, 0.2) is 0 Å². The Morgan fingerprint density at radius 2 is 1.82 bits per heavy atom. The SMILES string of the molecule is CC(C(=O)Nc1ccc(NC(=O)Cc2c(F)cccc2Cl)cc1)n1cncn1. The highest BCUT2D eigenvalue weighted by molar-refractivity contribution is 6.31. The number of hydrogen-bond donors (Lipinski definition) is 2. The first-order valence-corrected chi connectivity index (χ1v) is 8.79. The summed E-state index contributed by atoms with van der Waals surface area (Å²) in [5, 5.41) is 9.57.